The lowest BCUT2D eigenvalue weighted by atomic mass is 10.1. The Labute approximate surface area is 141 Å². The highest BCUT2D eigenvalue weighted by Gasteiger charge is 2.04. The van der Waals surface area contributed by atoms with Crippen molar-refractivity contribution >= 4 is 11.7 Å². The molecule has 0 atom stereocenters. The SMILES string of the molecule is CCOC(=O)/C=C(\NC#CCc1ccc(F)cc1)c1ccccc1. The molecule has 0 spiro atoms. The van der Waals surface area contributed by atoms with Crippen molar-refractivity contribution in [1.29, 1.82) is 0 Å². The summed E-state index contributed by atoms with van der Waals surface area (Å²) in [6.45, 7) is 2.07. The fourth-order valence-electron chi connectivity index (χ4n) is 1.97. The van der Waals surface area contributed by atoms with Crippen LogP contribution in [0.25, 0.3) is 5.70 Å². The summed E-state index contributed by atoms with van der Waals surface area (Å²) in [5.41, 5.74) is 2.32. The summed E-state index contributed by atoms with van der Waals surface area (Å²) >= 11 is 0. The van der Waals surface area contributed by atoms with E-state index in [0.717, 1.165) is 11.1 Å². The monoisotopic (exact) mass is 323 g/mol. The molecule has 3 nitrogen and oxygen atoms in total. The molecule has 1 N–H and O–H groups in total. The van der Waals surface area contributed by atoms with E-state index in [9.17, 15) is 9.18 Å². The summed E-state index contributed by atoms with van der Waals surface area (Å²) in [4.78, 5) is 11.7. The van der Waals surface area contributed by atoms with Crippen molar-refractivity contribution in [3.63, 3.8) is 0 Å². The Morgan fingerprint density at radius 2 is 1.88 bits per heavy atom. The molecule has 0 saturated carbocycles. The van der Waals surface area contributed by atoms with Crippen LogP contribution in [0.15, 0.2) is 60.7 Å². The minimum absolute atomic E-state index is 0.270. The number of benzene rings is 2. The molecule has 2 rings (SSSR count). The second kappa shape index (κ2) is 9.16. The molecule has 0 unspecified atom stereocenters. The molecule has 0 aliphatic heterocycles. The van der Waals surface area contributed by atoms with Gasteiger partial charge in [0.15, 0.2) is 0 Å². The van der Waals surface area contributed by atoms with Gasteiger partial charge in [0.05, 0.1) is 12.3 Å². The van der Waals surface area contributed by atoms with E-state index in [2.05, 4.69) is 17.3 Å². The van der Waals surface area contributed by atoms with E-state index in [1.165, 1.54) is 18.2 Å². The number of esters is 1. The van der Waals surface area contributed by atoms with Gasteiger partial charge < -0.3 is 10.1 Å². The van der Waals surface area contributed by atoms with Crippen LogP contribution in [-0.4, -0.2) is 12.6 Å². The Bertz CT molecular complexity index is 756. The molecule has 0 aliphatic rings. The Balaban J connectivity index is 2.07. The number of hydrogen-bond donors (Lipinski definition) is 1. The lowest BCUT2D eigenvalue weighted by molar-refractivity contribution is -0.137. The lowest BCUT2D eigenvalue weighted by Gasteiger charge is -2.06. The van der Waals surface area contributed by atoms with E-state index in [0.29, 0.717) is 18.7 Å². The molecule has 0 amide bonds. The summed E-state index contributed by atoms with van der Waals surface area (Å²) in [6.07, 6.45) is 1.86. The molecule has 2 aromatic carbocycles. The number of carbonyl (C=O) groups is 1. The maximum atomic E-state index is 12.9. The number of ether oxygens (including phenoxy) is 1. The topological polar surface area (TPSA) is 38.3 Å². The summed E-state index contributed by atoms with van der Waals surface area (Å²) in [7, 11) is 0. The maximum Gasteiger partial charge on any atom is 0.332 e. The molecule has 0 aliphatic carbocycles. The number of carbonyl (C=O) groups excluding carboxylic acids is 1. The third kappa shape index (κ3) is 5.62. The molecule has 0 saturated heterocycles. The van der Waals surface area contributed by atoms with Gasteiger partial charge in [0.1, 0.15) is 5.82 Å². The summed E-state index contributed by atoms with van der Waals surface area (Å²) in [5.74, 6) is 2.25. The molecular weight excluding hydrogens is 305 g/mol. The molecule has 0 heterocycles. The molecule has 24 heavy (non-hydrogen) atoms. The second-order valence-corrected chi connectivity index (χ2v) is 4.91. The predicted molar refractivity (Wildman–Crippen MR) is 92.1 cm³/mol. The van der Waals surface area contributed by atoms with Gasteiger partial charge in [-0.1, -0.05) is 48.4 Å². The smallest absolute Gasteiger partial charge is 0.332 e. The highest BCUT2D eigenvalue weighted by Crippen LogP contribution is 2.10. The van der Waals surface area contributed by atoms with E-state index >= 15 is 0 Å². The Kier molecular flexibility index (Phi) is 6.60. The molecular formula is C20H18FNO2. The van der Waals surface area contributed by atoms with E-state index in [-0.39, 0.29) is 5.82 Å². The van der Waals surface area contributed by atoms with Crippen LogP contribution in [0.1, 0.15) is 18.1 Å². The van der Waals surface area contributed by atoms with Crippen LogP contribution in [0.5, 0.6) is 0 Å². The fraction of sp³-hybridized carbons (Fsp3) is 0.150. The molecule has 122 valence electrons. The molecule has 0 fully saturated rings. The van der Waals surface area contributed by atoms with Crippen LogP contribution in [0.3, 0.4) is 0 Å². The molecule has 2 aromatic rings. The van der Waals surface area contributed by atoms with Gasteiger partial charge in [-0.05, 0) is 30.2 Å². The van der Waals surface area contributed by atoms with Crippen LogP contribution >= 0.6 is 0 Å². The first-order chi connectivity index (χ1) is 11.7. The zero-order valence-corrected chi connectivity index (χ0v) is 13.4. The van der Waals surface area contributed by atoms with E-state index in [1.807, 2.05) is 30.3 Å². The first-order valence-electron chi connectivity index (χ1n) is 7.61. The Morgan fingerprint density at radius 3 is 2.54 bits per heavy atom. The van der Waals surface area contributed by atoms with E-state index in [4.69, 9.17) is 4.74 Å². The zero-order chi connectivity index (χ0) is 17.2. The van der Waals surface area contributed by atoms with Gasteiger partial charge in [0.2, 0.25) is 0 Å². The fourth-order valence-corrected chi connectivity index (χ4v) is 1.97. The van der Waals surface area contributed by atoms with Crippen molar-refractivity contribution in [2.24, 2.45) is 0 Å². The summed E-state index contributed by atoms with van der Waals surface area (Å²) in [5, 5.41) is 2.93. The van der Waals surface area contributed by atoms with Crippen molar-refractivity contribution in [3.8, 4) is 12.0 Å². The standard InChI is InChI=1S/C20H18FNO2/c1-2-24-20(23)15-19(17-8-4-3-5-9-17)22-14-6-7-16-10-12-18(21)13-11-16/h3-5,8-13,15,22H,2,7H2,1H3/b19-15-. The number of hydrogen-bond acceptors (Lipinski definition) is 3. The first kappa shape index (κ1) is 17.3. The third-order valence-electron chi connectivity index (χ3n) is 3.12. The van der Waals surface area contributed by atoms with Gasteiger partial charge in [-0.15, -0.1) is 0 Å². The van der Waals surface area contributed by atoms with Crippen LogP contribution in [0.4, 0.5) is 4.39 Å². The molecule has 0 radical (unpaired) electrons. The highest BCUT2D eigenvalue weighted by atomic mass is 19.1. The Morgan fingerprint density at radius 1 is 1.17 bits per heavy atom. The quantitative estimate of drug-likeness (QED) is 0.396. The normalized spacial score (nSPS) is 10.5. The van der Waals surface area contributed by atoms with Gasteiger partial charge in [0, 0.05) is 18.5 Å². The van der Waals surface area contributed by atoms with Crippen LogP contribution in [-0.2, 0) is 16.0 Å². The number of nitrogens with one attached hydrogen (secondary N) is 1. The average Bonchev–Trinajstić information content (AvgIpc) is 2.60. The highest BCUT2D eigenvalue weighted by molar-refractivity contribution is 5.91. The van der Waals surface area contributed by atoms with Crippen molar-refractivity contribution < 1.29 is 13.9 Å². The van der Waals surface area contributed by atoms with Crippen LogP contribution in [0, 0.1) is 17.8 Å². The van der Waals surface area contributed by atoms with Crippen molar-refractivity contribution in [2.75, 3.05) is 6.61 Å². The summed E-state index contributed by atoms with van der Waals surface area (Å²) < 4.78 is 17.8. The number of halogens is 1. The van der Waals surface area contributed by atoms with Gasteiger partial charge in [-0.2, -0.15) is 0 Å². The second-order valence-electron chi connectivity index (χ2n) is 4.91. The summed E-state index contributed by atoms with van der Waals surface area (Å²) in [6, 6.07) is 18.4. The van der Waals surface area contributed by atoms with Gasteiger partial charge in [-0.25, -0.2) is 9.18 Å². The average molecular weight is 323 g/mol. The minimum atomic E-state index is -0.427. The van der Waals surface area contributed by atoms with E-state index < -0.39 is 5.97 Å². The molecule has 0 bridgehead atoms. The third-order valence-corrected chi connectivity index (χ3v) is 3.12. The van der Waals surface area contributed by atoms with Crippen molar-refractivity contribution in [2.45, 2.75) is 13.3 Å². The van der Waals surface area contributed by atoms with E-state index in [1.54, 1.807) is 19.1 Å². The van der Waals surface area contributed by atoms with Crippen LogP contribution in [0.2, 0.25) is 0 Å². The first-order valence-corrected chi connectivity index (χ1v) is 7.61. The Hall–Kier alpha value is -3.06. The predicted octanol–water partition coefficient (Wildman–Crippen LogP) is 3.52. The van der Waals surface area contributed by atoms with Crippen molar-refractivity contribution in [3.05, 3.63) is 77.6 Å². The molecule has 4 heteroatoms. The van der Waals surface area contributed by atoms with Crippen molar-refractivity contribution in [1.82, 2.24) is 5.32 Å². The van der Waals surface area contributed by atoms with Gasteiger partial charge >= 0.3 is 5.97 Å². The van der Waals surface area contributed by atoms with Gasteiger partial charge in [-0.3, -0.25) is 0 Å². The largest absolute Gasteiger partial charge is 0.463 e. The van der Waals surface area contributed by atoms with Crippen LogP contribution < -0.4 is 5.32 Å². The van der Waals surface area contributed by atoms with Gasteiger partial charge in [0.25, 0.3) is 0 Å². The molecule has 0 aromatic heterocycles. The minimum Gasteiger partial charge on any atom is -0.463 e. The zero-order valence-electron chi connectivity index (χ0n) is 13.4. The lowest BCUT2D eigenvalue weighted by Crippen LogP contribution is -2.09. The maximum absolute atomic E-state index is 12.9. The number of rotatable bonds is 5.